The van der Waals surface area contributed by atoms with Gasteiger partial charge in [-0.25, -0.2) is 8.42 Å². The first kappa shape index (κ1) is 10.4. The lowest BCUT2D eigenvalue weighted by atomic mass is 10.2. The highest BCUT2D eigenvalue weighted by atomic mass is 35.7. The molecule has 0 unspecified atom stereocenters. The van der Waals surface area contributed by atoms with Gasteiger partial charge in [-0.3, -0.25) is 4.98 Å². The smallest absolute Gasteiger partial charge is 0.232 e. The lowest BCUT2D eigenvalue weighted by molar-refractivity contribution is 0.605. The van der Waals surface area contributed by atoms with Crippen LogP contribution in [0.5, 0.6) is 0 Å². The Hall–Kier alpha value is -1.07. The van der Waals surface area contributed by atoms with Crippen molar-refractivity contribution in [2.24, 2.45) is 0 Å². The van der Waals surface area contributed by atoms with Crippen LogP contribution < -0.4 is 0 Å². The summed E-state index contributed by atoms with van der Waals surface area (Å²) in [5.41, 5.74) is 1.51. The lowest BCUT2D eigenvalue weighted by Gasteiger charge is -1.94. The van der Waals surface area contributed by atoms with Gasteiger partial charge in [-0.15, -0.1) is 0 Å². The number of pyridine rings is 1. The van der Waals surface area contributed by atoms with Gasteiger partial charge >= 0.3 is 0 Å². The highest BCUT2D eigenvalue weighted by molar-refractivity contribution is 8.13. The van der Waals surface area contributed by atoms with Gasteiger partial charge in [-0.05, 0) is 12.5 Å². The zero-order valence-corrected chi connectivity index (χ0v) is 9.25. The molecule has 0 fully saturated rings. The SMILES string of the molecule is O=S(=O)(Cl)CCc1coc2ccncc12. The van der Waals surface area contributed by atoms with Gasteiger partial charge in [0.25, 0.3) is 0 Å². The minimum atomic E-state index is -3.46. The molecule has 0 spiro atoms. The van der Waals surface area contributed by atoms with E-state index in [1.54, 1.807) is 18.5 Å². The van der Waals surface area contributed by atoms with Crippen LogP contribution in [0.2, 0.25) is 0 Å². The van der Waals surface area contributed by atoms with E-state index in [1.165, 1.54) is 6.26 Å². The Morgan fingerprint density at radius 2 is 2.27 bits per heavy atom. The molecule has 2 aromatic rings. The molecule has 0 radical (unpaired) electrons. The van der Waals surface area contributed by atoms with E-state index >= 15 is 0 Å². The largest absolute Gasteiger partial charge is 0.464 e. The minimum absolute atomic E-state index is 0.0991. The molecule has 15 heavy (non-hydrogen) atoms. The molecule has 0 aliphatic rings. The van der Waals surface area contributed by atoms with E-state index in [4.69, 9.17) is 15.1 Å². The van der Waals surface area contributed by atoms with Crippen molar-refractivity contribution in [3.8, 4) is 0 Å². The number of halogens is 1. The highest BCUT2D eigenvalue weighted by Gasteiger charge is 2.10. The molecule has 0 aliphatic heterocycles. The maximum Gasteiger partial charge on any atom is 0.232 e. The number of hydrogen-bond acceptors (Lipinski definition) is 4. The topological polar surface area (TPSA) is 60.2 Å². The van der Waals surface area contributed by atoms with E-state index < -0.39 is 9.05 Å². The van der Waals surface area contributed by atoms with E-state index in [2.05, 4.69) is 4.98 Å². The molecule has 0 aliphatic carbocycles. The zero-order valence-electron chi connectivity index (χ0n) is 7.68. The number of furan rings is 1. The summed E-state index contributed by atoms with van der Waals surface area (Å²) in [6.07, 6.45) is 5.14. The molecule has 0 aromatic carbocycles. The zero-order chi connectivity index (χ0) is 10.9. The standard InChI is InChI=1S/C9H8ClNO3S/c10-15(12,13)4-2-7-6-14-9-1-3-11-5-8(7)9/h1,3,5-6H,2,4H2. The number of aromatic nitrogens is 1. The third-order valence-electron chi connectivity index (χ3n) is 2.07. The molecule has 80 valence electrons. The number of aryl methyl sites for hydroxylation is 1. The molecule has 4 nitrogen and oxygen atoms in total. The van der Waals surface area contributed by atoms with Crippen LogP contribution >= 0.6 is 10.7 Å². The van der Waals surface area contributed by atoms with Gasteiger partial charge in [-0.2, -0.15) is 0 Å². The van der Waals surface area contributed by atoms with E-state index in [0.717, 1.165) is 10.9 Å². The molecular weight excluding hydrogens is 238 g/mol. The lowest BCUT2D eigenvalue weighted by Crippen LogP contribution is -2.00. The fourth-order valence-electron chi connectivity index (χ4n) is 1.35. The molecular formula is C9H8ClNO3S. The molecule has 2 heterocycles. The molecule has 2 aromatic heterocycles. The molecule has 0 atom stereocenters. The van der Waals surface area contributed by atoms with Crippen LogP contribution in [-0.2, 0) is 15.5 Å². The van der Waals surface area contributed by atoms with Gasteiger partial charge in [0.15, 0.2) is 0 Å². The Morgan fingerprint density at radius 1 is 1.47 bits per heavy atom. The first-order valence-electron chi connectivity index (χ1n) is 4.29. The maximum absolute atomic E-state index is 10.8. The predicted molar refractivity (Wildman–Crippen MR) is 57.4 cm³/mol. The molecule has 0 bridgehead atoms. The summed E-state index contributed by atoms with van der Waals surface area (Å²) < 4.78 is 26.8. The van der Waals surface area contributed by atoms with E-state index in [0.29, 0.717) is 12.0 Å². The normalized spacial score (nSPS) is 12.1. The van der Waals surface area contributed by atoms with E-state index in [1.807, 2.05) is 0 Å². The highest BCUT2D eigenvalue weighted by Crippen LogP contribution is 2.20. The van der Waals surface area contributed by atoms with Crippen LogP contribution in [0.1, 0.15) is 5.56 Å². The molecule has 0 saturated heterocycles. The number of hydrogen-bond donors (Lipinski definition) is 0. The summed E-state index contributed by atoms with van der Waals surface area (Å²) in [5.74, 6) is -0.0991. The summed E-state index contributed by atoms with van der Waals surface area (Å²) >= 11 is 0. The second-order valence-corrected chi connectivity index (χ2v) is 6.02. The Kier molecular flexibility index (Phi) is 2.67. The van der Waals surface area contributed by atoms with Crippen molar-refractivity contribution in [1.29, 1.82) is 0 Å². The number of fused-ring (bicyclic) bond motifs is 1. The van der Waals surface area contributed by atoms with Gasteiger partial charge in [-0.1, -0.05) is 0 Å². The van der Waals surface area contributed by atoms with Gasteiger partial charge in [0.1, 0.15) is 5.58 Å². The van der Waals surface area contributed by atoms with Crippen LogP contribution in [0.3, 0.4) is 0 Å². The Morgan fingerprint density at radius 3 is 3.00 bits per heavy atom. The number of rotatable bonds is 3. The molecule has 0 N–H and O–H groups in total. The Balaban J connectivity index is 2.29. The van der Waals surface area contributed by atoms with Crippen molar-refractivity contribution in [2.45, 2.75) is 6.42 Å². The molecule has 0 amide bonds. The van der Waals surface area contributed by atoms with Crippen molar-refractivity contribution in [3.63, 3.8) is 0 Å². The second-order valence-electron chi connectivity index (χ2n) is 3.13. The number of nitrogens with zero attached hydrogens (tertiary/aromatic N) is 1. The van der Waals surface area contributed by atoms with E-state index in [-0.39, 0.29) is 5.75 Å². The van der Waals surface area contributed by atoms with Gasteiger partial charge < -0.3 is 4.42 Å². The molecule has 0 saturated carbocycles. The molecule has 6 heteroatoms. The predicted octanol–water partition coefficient (Wildman–Crippen LogP) is 1.94. The average Bonchev–Trinajstić information content (AvgIpc) is 2.57. The van der Waals surface area contributed by atoms with Gasteiger partial charge in [0.2, 0.25) is 9.05 Å². The quantitative estimate of drug-likeness (QED) is 0.776. The fourth-order valence-corrected chi connectivity index (χ4v) is 2.04. The molecule has 2 rings (SSSR count). The summed E-state index contributed by atoms with van der Waals surface area (Å²) in [6, 6.07) is 1.73. The Bertz CT molecular complexity index is 576. The van der Waals surface area contributed by atoms with Crippen LogP contribution in [0.15, 0.2) is 29.1 Å². The van der Waals surface area contributed by atoms with Crippen LogP contribution in [0, 0.1) is 0 Å². The fraction of sp³-hybridized carbons (Fsp3) is 0.222. The first-order chi connectivity index (χ1) is 7.06. The second kappa shape index (κ2) is 3.83. The van der Waals surface area contributed by atoms with Crippen LogP contribution in [0.4, 0.5) is 0 Å². The third-order valence-corrected chi connectivity index (χ3v) is 3.23. The summed E-state index contributed by atoms with van der Waals surface area (Å²) in [7, 11) is 1.67. The van der Waals surface area contributed by atoms with Crippen molar-refractivity contribution >= 4 is 30.7 Å². The summed E-state index contributed by atoms with van der Waals surface area (Å²) in [6.45, 7) is 0. The van der Waals surface area contributed by atoms with E-state index in [9.17, 15) is 8.42 Å². The summed E-state index contributed by atoms with van der Waals surface area (Å²) in [5, 5.41) is 0.831. The monoisotopic (exact) mass is 245 g/mol. The van der Waals surface area contributed by atoms with Gasteiger partial charge in [0.05, 0.1) is 12.0 Å². The van der Waals surface area contributed by atoms with Crippen molar-refractivity contribution in [2.75, 3.05) is 5.75 Å². The minimum Gasteiger partial charge on any atom is -0.464 e. The van der Waals surface area contributed by atoms with Crippen LogP contribution in [0.25, 0.3) is 11.0 Å². The average molecular weight is 246 g/mol. The summed E-state index contributed by atoms with van der Waals surface area (Å²) in [4.78, 5) is 3.95. The van der Waals surface area contributed by atoms with Crippen molar-refractivity contribution < 1.29 is 12.8 Å². The van der Waals surface area contributed by atoms with Crippen LogP contribution in [-0.4, -0.2) is 19.2 Å². The van der Waals surface area contributed by atoms with Crippen molar-refractivity contribution in [1.82, 2.24) is 4.98 Å². The Labute approximate surface area is 91.3 Å². The van der Waals surface area contributed by atoms with Gasteiger partial charge in [0, 0.05) is 34.0 Å². The third kappa shape index (κ3) is 2.49. The first-order valence-corrected chi connectivity index (χ1v) is 6.76. The van der Waals surface area contributed by atoms with Crippen molar-refractivity contribution in [3.05, 3.63) is 30.3 Å². The maximum atomic E-state index is 10.8.